The van der Waals surface area contributed by atoms with E-state index in [1.165, 1.54) is 0 Å². The van der Waals surface area contributed by atoms with Crippen LogP contribution in [0, 0.1) is 0 Å². The van der Waals surface area contributed by atoms with E-state index in [0.29, 0.717) is 28.1 Å². The second kappa shape index (κ2) is 12.2. The fraction of sp³-hybridized carbons (Fsp3) is 0.533. The third-order valence-corrected chi connectivity index (χ3v) is 5.32. The van der Waals surface area contributed by atoms with E-state index in [-0.39, 0.29) is 48.6 Å². The van der Waals surface area contributed by atoms with E-state index in [9.17, 15) is 13.5 Å². The molecule has 1 atom stereocenters. The molecule has 25 heavy (non-hydrogen) atoms. The van der Waals surface area contributed by atoms with Crippen molar-refractivity contribution in [3.63, 3.8) is 0 Å². The molecule has 1 aromatic rings. The number of aliphatic hydroxyl groups excluding tert-OH is 1. The minimum Gasteiger partial charge on any atom is -0.386 e. The molecule has 10 heteroatoms. The topological polar surface area (TPSA) is 90.8 Å². The molecule has 0 aliphatic rings. The normalized spacial score (nSPS) is 13.1. The lowest BCUT2D eigenvalue weighted by molar-refractivity contribution is 0.187. The van der Waals surface area contributed by atoms with Gasteiger partial charge in [0.05, 0.1) is 18.4 Å². The van der Waals surface area contributed by atoms with Crippen molar-refractivity contribution in [2.24, 2.45) is 4.99 Å². The Morgan fingerprint density at radius 3 is 2.32 bits per heavy atom. The predicted octanol–water partition coefficient (Wildman–Crippen LogP) is 2.63. The Bertz CT molecular complexity index is 652. The van der Waals surface area contributed by atoms with Gasteiger partial charge in [0.2, 0.25) is 0 Å². The smallest absolute Gasteiger partial charge is 0.191 e. The van der Waals surface area contributed by atoms with Gasteiger partial charge in [0.15, 0.2) is 15.8 Å². The number of guanidine groups is 1. The Balaban J connectivity index is 0.00000576. The highest BCUT2D eigenvalue weighted by Gasteiger charge is 2.11. The second-order valence-corrected chi connectivity index (χ2v) is 8.45. The standard InChI is InChI=1S/C15H23Cl2N3O3S.HI/c1-3-18-15(19-5-6-24(22,23)4-2)20-10-14(21)11-7-12(16)9-13(17)8-11;/h7-9,14,21H,3-6,10H2,1-2H3,(H2,18,19,20);1H. The SMILES string of the molecule is CCNC(=NCC(O)c1cc(Cl)cc(Cl)c1)NCCS(=O)(=O)CC.I. The van der Waals surface area contributed by atoms with E-state index in [0.717, 1.165) is 0 Å². The van der Waals surface area contributed by atoms with Gasteiger partial charge < -0.3 is 15.7 Å². The van der Waals surface area contributed by atoms with E-state index in [1.54, 1.807) is 25.1 Å². The predicted molar refractivity (Wildman–Crippen MR) is 115 cm³/mol. The van der Waals surface area contributed by atoms with Crippen LogP contribution >= 0.6 is 47.2 Å². The summed E-state index contributed by atoms with van der Waals surface area (Å²) in [7, 11) is -3.04. The van der Waals surface area contributed by atoms with Gasteiger partial charge in [-0.2, -0.15) is 0 Å². The molecule has 0 fully saturated rings. The van der Waals surface area contributed by atoms with Gasteiger partial charge in [0.1, 0.15) is 0 Å². The maximum Gasteiger partial charge on any atom is 0.191 e. The number of hydrogen-bond acceptors (Lipinski definition) is 4. The summed E-state index contributed by atoms with van der Waals surface area (Å²) in [6, 6.07) is 4.84. The maximum absolute atomic E-state index is 11.5. The zero-order valence-corrected chi connectivity index (χ0v) is 18.8. The van der Waals surface area contributed by atoms with Gasteiger partial charge in [-0.1, -0.05) is 30.1 Å². The van der Waals surface area contributed by atoms with Crippen molar-refractivity contribution in [3.05, 3.63) is 33.8 Å². The number of rotatable bonds is 8. The monoisotopic (exact) mass is 523 g/mol. The van der Waals surface area contributed by atoms with Crippen molar-refractivity contribution < 1.29 is 13.5 Å². The van der Waals surface area contributed by atoms with Crippen LogP contribution in [0.2, 0.25) is 10.0 Å². The fourth-order valence-electron chi connectivity index (χ4n) is 1.86. The highest BCUT2D eigenvalue weighted by Crippen LogP contribution is 2.23. The third kappa shape index (κ3) is 9.83. The maximum atomic E-state index is 11.5. The Kier molecular flexibility index (Phi) is 12.0. The molecule has 0 heterocycles. The average molecular weight is 524 g/mol. The first kappa shape index (κ1) is 24.7. The molecule has 0 aliphatic heterocycles. The van der Waals surface area contributed by atoms with Crippen LogP contribution in [0.25, 0.3) is 0 Å². The van der Waals surface area contributed by atoms with Crippen LogP contribution in [0.3, 0.4) is 0 Å². The zero-order valence-electron chi connectivity index (χ0n) is 14.1. The molecule has 1 unspecified atom stereocenters. The third-order valence-electron chi connectivity index (χ3n) is 3.18. The lowest BCUT2D eigenvalue weighted by atomic mass is 10.1. The minimum atomic E-state index is -3.04. The number of halogens is 3. The van der Waals surface area contributed by atoms with Crippen molar-refractivity contribution in [2.45, 2.75) is 20.0 Å². The second-order valence-electron chi connectivity index (χ2n) is 5.10. The van der Waals surface area contributed by atoms with E-state index >= 15 is 0 Å². The van der Waals surface area contributed by atoms with Gasteiger partial charge in [0.25, 0.3) is 0 Å². The first-order valence-corrected chi connectivity index (χ1v) is 10.2. The van der Waals surface area contributed by atoms with Crippen LogP contribution < -0.4 is 10.6 Å². The largest absolute Gasteiger partial charge is 0.386 e. The van der Waals surface area contributed by atoms with Gasteiger partial charge in [-0.05, 0) is 30.7 Å². The molecule has 144 valence electrons. The highest BCUT2D eigenvalue weighted by atomic mass is 127. The molecular formula is C15H24Cl2IN3O3S. The zero-order chi connectivity index (χ0) is 18.2. The van der Waals surface area contributed by atoms with E-state index < -0.39 is 15.9 Å². The number of benzene rings is 1. The molecule has 3 N–H and O–H groups in total. The molecule has 0 spiro atoms. The Labute approximate surface area is 176 Å². The number of nitrogens with zero attached hydrogens (tertiary/aromatic N) is 1. The van der Waals surface area contributed by atoms with Crippen LogP contribution in [-0.4, -0.2) is 50.6 Å². The molecular weight excluding hydrogens is 500 g/mol. The van der Waals surface area contributed by atoms with E-state index in [2.05, 4.69) is 15.6 Å². The van der Waals surface area contributed by atoms with Crippen LogP contribution in [0.1, 0.15) is 25.5 Å². The summed E-state index contributed by atoms with van der Waals surface area (Å²) < 4.78 is 23.0. The van der Waals surface area contributed by atoms with Crippen molar-refractivity contribution in [2.75, 3.05) is 31.1 Å². The summed E-state index contributed by atoms with van der Waals surface area (Å²) in [6.45, 7) is 4.47. The quantitative estimate of drug-likeness (QED) is 0.277. The Hall–Kier alpha value is -0.290. The van der Waals surface area contributed by atoms with Crippen LogP contribution in [0.5, 0.6) is 0 Å². The summed E-state index contributed by atoms with van der Waals surface area (Å²) in [5.74, 6) is 0.577. The van der Waals surface area contributed by atoms with Gasteiger partial charge in [-0.3, -0.25) is 4.99 Å². The summed E-state index contributed by atoms with van der Waals surface area (Å²) in [5.41, 5.74) is 0.570. The average Bonchev–Trinajstić information content (AvgIpc) is 2.51. The number of aliphatic imine (C=N–C) groups is 1. The van der Waals surface area contributed by atoms with Gasteiger partial charge in [-0.15, -0.1) is 24.0 Å². The molecule has 0 aliphatic carbocycles. The van der Waals surface area contributed by atoms with Gasteiger partial charge in [-0.25, -0.2) is 8.42 Å². The first-order chi connectivity index (χ1) is 11.3. The number of sulfone groups is 1. The van der Waals surface area contributed by atoms with Gasteiger partial charge >= 0.3 is 0 Å². The van der Waals surface area contributed by atoms with E-state index in [1.807, 2.05) is 6.92 Å². The molecule has 0 bridgehead atoms. The summed E-state index contributed by atoms with van der Waals surface area (Å²) in [4.78, 5) is 4.26. The van der Waals surface area contributed by atoms with E-state index in [4.69, 9.17) is 23.2 Å². The van der Waals surface area contributed by atoms with Gasteiger partial charge in [0, 0.05) is 28.9 Å². The molecule has 0 radical (unpaired) electrons. The number of aliphatic hydroxyl groups is 1. The molecule has 1 rings (SSSR count). The highest BCUT2D eigenvalue weighted by molar-refractivity contribution is 14.0. The van der Waals surface area contributed by atoms with Crippen molar-refractivity contribution in [3.8, 4) is 0 Å². The van der Waals surface area contributed by atoms with Crippen molar-refractivity contribution in [1.82, 2.24) is 10.6 Å². The van der Waals surface area contributed by atoms with Crippen molar-refractivity contribution in [1.29, 1.82) is 0 Å². The summed E-state index contributed by atoms with van der Waals surface area (Å²) >= 11 is 11.8. The molecule has 0 saturated heterocycles. The van der Waals surface area contributed by atoms with Crippen LogP contribution in [0.15, 0.2) is 23.2 Å². The van der Waals surface area contributed by atoms with Crippen molar-refractivity contribution >= 4 is 63.0 Å². The lowest BCUT2D eigenvalue weighted by Gasteiger charge is -2.13. The first-order valence-electron chi connectivity index (χ1n) is 7.64. The molecule has 0 saturated carbocycles. The molecule has 0 amide bonds. The Morgan fingerprint density at radius 1 is 1.20 bits per heavy atom. The lowest BCUT2D eigenvalue weighted by Crippen LogP contribution is -2.40. The molecule has 0 aromatic heterocycles. The van der Waals surface area contributed by atoms with Crippen LogP contribution in [-0.2, 0) is 9.84 Å². The fourth-order valence-corrected chi connectivity index (χ4v) is 3.11. The summed E-state index contributed by atoms with van der Waals surface area (Å²) in [6.07, 6.45) is -0.865. The summed E-state index contributed by atoms with van der Waals surface area (Å²) in [5, 5.41) is 17.0. The Morgan fingerprint density at radius 2 is 1.80 bits per heavy atom. The molecule has 1 aromatic carbocycles. The number of hydrogen-bond donors (Lipinski definition) is 3. The molecule has 6 nitrogen and oxygen atoms in total. The van der Waals surface area contributed by atoms with Crippen LogP contribution in [0.4, 0.5) is 0 Å². The minimum absolute atomic E-state index is 0. The number of nitrogens with one attached hydrogen (secondary N) is 2.